The second kappa shape index (κ2) is 8.84. The number of furan rings is 1. The van der Waals surface area contributed by atoms with E-state index in [4.69, 9.17) is 9.15 Å². The molecule has 3 heterocycles. The molecule has 2 amide bonds. The number of amides is 2. The second-order valence-corrected chi connectivity index (χ2v) is 9.32. The number of anilines is 2. The average Bonchev–Trinajstić information content (AvgIpc) is 3.19. The van der Waals surface area contributed by atoms with Gasteiger partial charge in [0.25, 0.3) is 0 Å². The van der Waals surface area contributed by atoms with E-state index in [1.165, 1.54) is 24.0 Å². The highest BCUT2D eigenvalue weighted by molar-refractivity contribution is 5.90. The smallest absolute Gasteiger partial charge is 0.433 e. The summed E-state index contributed by atoms with van der Waals surface area (Å²) in [6, 6.07) is 8.03. The van der Waals surface area contributed by atoms with Gasteiger partial charge in [-0.1, -0.05) is 0 Å². The van der Waals surface area contributed by atoms with E-state index in [1.54, 1.807) is 18.2 Å². The number of piperidine rings is 1. The van der Waals surface area contributed by atoms with Gasteiger partial charge in [0, 0.05) is 26.1 Å². The van der Waals surface area contributed by atoms with Crippen LogP contribution in [-0.2, 0) is 16.1 Å². The lowest BCUT2D eigenvalue weighted by Crippen LogP contribution is -2.33. The molecular weight excluding hydrogens is 461 g/mol. The average molecular weight is 487 g/mol. The zero-order valence-corrected chi connectivity index (χ0v) is 19.3. The Balaban J connectivity index is 1.17. The zero-order valence-electron chi connectivity index (χ0n) is 19.3. The highest BCUT2D eigenvalue weighted by Gasteiger charge is 2.57. The summed E-state index contributed by atoms with van der Waals surface area (Å²) in [5, 5.41) is 13.4. The number of rotatable bonds is 8. The van der Waals surface area contributed by atoms with Gasteiger partial charge >= 0.3 is 12.0 Å². The molecule has 3 aliphatic rings. The van der Waals surface area contributed by atoms with Gasteiger partial charge in [0.2, 0.25) is 5.91 Å². The van der Waals surface area contributed by atoms with Crippen LogP contribution in [0.3, 0.4) is 0 Å². The van der Waals surface area contributed by atoms with Gasteiger partial charge in [-0.15, -0.1) is 0 Å². The molecule has 35 heavy (non-hydrogen) atoms. The molecule has 0 bridgehead atoms. The largest absolute Gasteiger partial charge is 0.442 e. The number of benzene rings is 1. The molecule has 12 heteroatoms. The molecule has 5 rings (SSSR count). The lowest BCUT2D eigenvalue weighted by molar-refractivity contribution is -0.402. The summed E-state index contributed by atoms with van der Waals surface area (Å²) in [6.45, 7) is 3.72. The Labute approximate surface area is 200 Å². The monoisotopic (exact) mass is 487 g/mol. The molecule has 2 aromatic rings. The zero-order chi connectivity index (χ0) is 24.9. The number of halogens is 1. The summed E-state index contributed by atoms with van der Waals surface area (Å²) in [5.74, 6) is 0.424. The fraction of sp³-hybridized carbons (Fsp3) is 0.478. The Bertz CT molecular complexity index is 1160. The predicted octanol–water partition coefficient (Wildman–Crippen LogP) is 2.35. The molecule has 2 aliphatic heterocycles. The first-order valence-electron chi connectivity index (χ1n) is 11.4. The number of hydrogen-bond donors (Lipinski definition) is 1. The highest BCUT2D eigenvalue weighted by atomic mass is 19.1. The van der Waals surface area contributed by atoms with E-state index in [2.05, 4.69) is 10.2 Å². The molecule has 2 unspecified atom stereocenters. The SMILES string of the molecule is CC(=O)NC[C@H]1CN(c2ccc(N3CC4C(C3)C4N(C)Cc3ccc([N+](=O)[O-])o3)c(F)c2)C(=O)O1. The Kier molecular flexibility index (Phi) is 5.83. The molecule has 1 saturated carbocycles. The topological polar surface area (TPSA) is 121 Å². The van der Waals surface area contributed by atoms with Gasteiger partial charge < -0.3 is 19.4 Å². The fourth-order valence-electron chi connectivity index (χ4n) is 5.26. The molecule has 0 radical (unpaired) electrons. The van der Waals surface area contributed by atoms with Gasteiger partial charge in [-0.25, -0.2) is 9.18 Å². The number of fused-ring (bicyclic) bond motifs is 1. The van der Waals surface area contributed by atoms with E-state index < -0.39 is 22.9 Å². The number of hydrogen-bond acceptors (Lipinski definition) is 8. The van der Waals surface area contributed by atoms with Crippen molar-refractivity contribution in [3.8, 4) is 0 Å². The van der Waals surface area contributed by atoms with Crippen molar-refractivity contribution in [1.29, 1.82) is 0 Å². The number of carbonyl (C=O) groups is 2. The molecule has 3 fully saturated rings. The van der Waals surface area contributed by atoms with Crippen molar-refractivity contribution in [2.45, 2.75) is 25.6 Å². The van der Waals surface area contributed by atoms with Crippen LogP contribution in [0, 0.1) is 27.8 Å². The van der Waals surface area contributed by atoms with Crippen molar-refractivity contribution >= 4 is 29.3 Å². The minimum Gasteiger partial charge on any atom is -0.442 e. The molecule has 3 atom stereocenters. The Morgan fingerprint density at radius 1 is 1.26 bits per heavy atom. The number of nitrogens with zero attached hydrogens (tertiary/aromatic N) is 4. The van der Waals surface area contributed by atoms with E-state index in [0.717, 1.165) is 0 Å². The molecule has 0 spiro atoms. The molecule has 11 nitrogen and oxygen atoms in total. The van der Waals surface area contributed by atoms with Crippen LogP contribution >= 0.6 is 0 Å². The number of nitrogens with one attached hydrogen (secondary N) is 1. The third-order valence-electron chi connectivity index (χ3n) is 6.93. The van der Waals surface area contributed by atoms with Crippen LogP contribution in [0.2, 0.25) is 0 Å². The van der Waals surface area contributed by atoms with Crippen LogP contribution in [-0.4, -0.2) is 67.2 Å². The van der Waals surface area contributed by atoms with E-state index >= 15 is 4.39 Å². The highest BCUT2D eigenvalue weighted by Crippen LogP contribution is 2.50. The first-order valence-corrected chi connectivity index (χ1v) is 11.4. The Hall–Kier alpha value is -3.67. The summed E-state index contributed by atoms with van der Waals surface area (Å²) >= 11 is 0. The van der Waals surface area contributed by atoms with Gasteiger partial charge in [0.15, 0.2) is 0 Å². The molecule has 2 saturated heterocycles. The lowest BCUT2D eigenvalue weighted by atomic mass is 10.2. The molecule has 1 N–H and O–H groups in total. The van der Waals surface area contributed by atoms with Crippen molar-refractivity contribution < 1.29 is 28.1 Å². The Morgan fingerprint density at radius 2 is 2.00 bits per heavy atom. The van der Waals surface area contributed by atoms with Gasteiger partial charge in [-0.3, -0.25) is 24.7 Å². The first kappa shape index (κ1) is 23.1. The standard InChI is InChI=1S/C23H26FN5O6/c1-13(30)25-8-16-10-28(23(31)35-16)14-3-5-20(19(24)7-14)27-11-17-18(12-27)22(17)26(2)9-15-4-6-21(34-15)29(32)33/h3-7,16-18,22H,8-12H2,1-2H3,(H,25,30)/t16-,17?,18?,22?/m0/s1. The number of carbonyl (C=O) groups excluding carboxylic acids is 2. The van der Waals surface area contributed by atoms with Crippen LogP contribution in [0.4, 0.5) is 26.4 Å². The van der Waals surface area contributed by atoms with Crippen molar-refractivity contribution in [2.24, 2.45) is 11.8 Å². The molecule has 186 valence electrons. The maximum absolute atomic E-state index is 15.0. The van der Waals surface area contributed by atoms with Gasteiger partial charge in [0.1, 0.15) is 22.6 Å². The summed E-state index contributed by atoms with van der Waals surface area (Å²) in [6.07, 6.45) is -1.05. The van der Waals surface area contributed by atoms with Crippen molar-refractivity contribution in [2.75, 3.05) is 43.0 Å². The third kappa shape index (κ3) is 4.53. The summed E-state index contributed by atoms with van der Waals surface area (Å²) < 4.78 is 25.5. The van der Waals surface area contributed by atoms with E-state index in [0.29, 0.717) is 54.6 Å². The molecule has 1 aromatic heterocycles. The van der Waals surface area contributed by atoms with Gasteiger partial charge in [-0.2, -0.15) is 0 Å². The van der Waals surface area contributed by atoms with Crippen molar-refractivity contribution in [3.05, 3.63) is 52.0 Å². The van der Waals surface area contributed by atoms with Crippen LogP contribution in [0.25, 0.3) is 0 Å². The van der Waals surface area contributed by atoms with Crippen molar-refractivity contribution in [1.82, 2.24) is 10.2 Å². The maximum Gasteiger partial charge on any atom is 0.433 e. The lowest BCUT2D eigenvalue weighted by Gasteiger charge is -2.26. The normalized spacial score (nSPS) is 25.1. The number of nitro groups is 1. The van der Waals surface area contributed by atoms with E-state index in [-0.39, 0.29) is 24.9 Å². The molecule has 1 aliphatic carbocycles. The first-order chi connectivity index (χ1) is 16.7. The molecule has 1 aromatic carbocycles. The second-order valence-electron chi connectivity index (χ2n) is 9.32. The quantitative estimate of drug-likeness (QED) is 0.445. The maximum atomic E-state index is 15.0. The summed E-state index contributed by atoms with van der Waals surface area (Å²) in [5.41, 5.74) is 0.905. The van der Waals surface area contributed by atoms with E-state index in [1.807, 2.05) is 11.9 Å². The van der Waals surface area contributed by atoms with E-state index in [9.17, 15) is 19.7 Å². The minimum atomic E-state index is -0.567. The summed E-state index contributed by atoms with van der Waals surface area (Å²) in [7, 11) is 1.96. The predicted molar refractivity (Wildman–Crippen MR) is 123 cm³/mol. The van der Waals surface area contributed by atoms with Crippen LogP contribution in [0.15, 0.2) is 34.7 Å². The van der Waals surface area contributed by atoms with Crippen LogP contribution < -0.4 is 15.1 Å². The van der Waals surface area contributed by atoms with Gasteiger partial charge in [-0.05, 0) is 43.1 Å². The van der Waals surface area contributed by atoms with Gasteiger partial charge in [0.05, 0.1) is 37.1 Å². The minimum absolute atomic E-state index is 0.209. The third-order valence-corrected chi connectivity index (χ3v) is 6.93. The fourth-order valence-corrected chi connectivity index (χ4v) is 5.26. The van der Waals surface area contributed by atoms with Crippen LogP contribution in [0.5, 0.6) is 0 Å². The number of ether oxygens (including phenoxy) is 1. The van der Waals surface area contributed by atoms with Crippen molar-refractivity contribution in [3.63, 3.8) is 0 Å². The summed E-state index contributed by atoms with van der Waals surface area (Å²) in [4.78, 5) is 39.1. The Morgan fingerprint density at radius 3 is 2.63 bits per heavy atom. The number of cyclic esters (lactones) is 1. The van der Waals surface area contributed by atoms with Crippen LogP contribution in [0.1, 0.15) is 12.7 Å². The molecular formula is C23H26FN5O6.